The zero-order valence-electron chi connectivity index (χ0n) is 16.6. The van der Waals surface area contributed by atoms with Crippen LogP contribution < -0.4 is 5.32 Å². The monoisotopic (exact) mass is 413 g/mol. The van der Waals surface area contributed by atoms with Crippen molar-refractivity contribution in [3.8, 4) is 11.1 Å². The van der Waals surface area contributed by atoms with E-state index in [-0.39, 0.29) is 11.9 Å². The second-order valence-electron chi connectivity index (χ2n) is 6.99. The molecule has 1 atom stereocenters. The Labute approximate surface area is 173 Å². The van der Waals surface area contributed by atoms with Crippen molar-refractivity contribution in [2.24, 2.45) is 0 Å². The lowest BCUT2D eigenvalue weighted by molar-refractivity contribution is -0.137. The van der Waals surface area contributed by atoms with E-state index in [1.54, 1.807) is 18.0 Å². The summed E-state index contributed by atoms with van der Waals surface area (Å²) in [6.07, 6.45) is -3.63. The van der Waals surface area contributed by atoms with Gasteiger partial charge in [-0.3, -0.25) is 4.79 Å². The SMILES string of the molecule is C[C@@H](CNc1ccc(C(F)(F)F)cn1)N(C)C(=O)c1ccccc1-c1ccccc1. The van der Waals surface area contributed by atoms with Crippen molar-refractivity contribution in [2.75, 3.05) is 18.9 Å². The molecule has 0 aliphatic heterocycles. The molecule has 1 heterocycles. The van der Waals surface area contributed by atoms with E-state index in [0.717, 1.165) is 23.4 Å². The van der Waals surface area contributed by atoms with Crippen LogP contribution in [0.2, 0.25) is 0 Å². The lowest BCUT2D eigenvalue weighted by Gasteiger charge is -2.26. The Morgan fingerprint density at radius 1 is 1.03 bits per heavy atom. The van der Waals surface area contributed by atoms with Crippen molar-refractivity contribution in [3.63, 3.8) is 0 Å². The Bertz CT molecular complexity index is 989. The fraction of sp³-hybridized carbons (Fsp3) is 0.217. The standard InChI is InChI=1S/C23H22F3N3O/c1-16(14-27-21-13-12-18(15-28-21)23(24,25)26)29(2)22(30)20-11-7-6-10-19(20)17-8-4-3-5-9-17/h3-13,15-16H,14H2,1-2H3,(H,27,28)/t16-/m0/s1. The summed E-state index contributed by atoms with van der Waals surface area (Å²) in [6.45, 7) is 2.20. The van der Waals surface area contributed by atoms with Crippen molar-refractivity contribution in [2.45, 2.75) is 19.1 Å². The van der Waals surface area contributed by atoms with E-state index in [2.05, 4.69) is 10.3 Å². The number of nitrogens with one attached hydrogen (secondary N) is 1. The average Bonchev–Trinajstić information content (AvgIpc) is 2.76. The van der Waals surface area contributed by atoms with Gasteiger partial charge in [-0.2, -0.15) is 13.2 Å². The number of aromatic nitrogens is 1. The summed E-state index contributed by atoms with van der Waals surface area (Å²) >= 11 is 0. The molecule has 4 nitrogen and oxygen atoms in total. The van der Waals surface area contributed by atoms with Crippen LogP contribution in [-0.2, 0) is 6.18 Å². The number of alkyl halides is 3. The molecule has 7 heteroatoms. The first-order chi connectivity index (χ1) is 14.3. The van der Waals surface area contributed by atoms with E-state index in [0.29, 0.717) is 17.9 Å². The Morgan fingerprint density at radius 2 is 1.70 bits per heavy atom. The van der Waals surface area contributed by atoms with Gasteiger partial charge in [0.25, 0.3) is 5.91 Å². The van der Waals surface area contributed by atoms with Crippen molar-refractivity contribution in [1.29, 1.82) is 0 Å². The summed E-state index contributed by atoms with van der Waals surface area (Å²) < 4.78 is 37.9. The van der Waals surface area contributed by atoms with Crippen molar-refractivity contribution < 1.29 is 18.0 Å². The zero-order valence-corrected chi connectivity index (χ0v) is 16.6. The van der Waals surface area contributed by atoms with E-state index >= 15 is 0 Å². The van der Waals surface area contributed by atoms with Gasteiger partial charge in [0, 0.05) is 31.4 Å². The van der Waals surface area contributed by atoms with Gasteiger partial charge in [0.15, 0.2) is 0 Å². The zero-order chi connectivity index (χ0) is 21.7. The van der Waals surface area contributed by atoms with Crippen LogP contribution in [0.4, 0.5) is 19.0 Å². The van der Waals surface area contributed by atoms with Gasteiger partial charge in [0.1, 0.15) is 5.82 Å². The fourth-order valence-corrected chi connectivity index (χ4v) is 2.98. The van der Waals surface area contributed by atoms with Crippen LogP contribution in [0.15, 0.2) is 72.9 Å². The molecule has 0 fully saturated rings. The summed E-state index contributed by atoms with van der Waals surface area (Å²) in [5.41, 5.74) is 1.59. The Hall–Kier alpha value is -3.35. The maximum Gasteiger partial charge on any atom is 0.417 e. The quantitative estimate of drug-likeness (QED) is 0.593. The topological polar surface area (TPSA) is 45.2 Å². The summed E-state index contributed by atoms with van der Waals surface area (Å²) in [5, 5.41) is 2.98. The minimum atomic E-state index is -4.42. The van der Waals surface area contributed by atoms with E-state index in [4.69, 9.17) is 0 Å². The minimum absolute atomic E-state index is 0.135. The van der Waals surface area contributed by atoms with E-state index < -0.39 is 11.7 Å². The molecule has 0 saturated carbocycles. The van der Waals surface area contributed by atoms with Crippen molar-refractivity contribution in [3.05, 3.63) is 84.1 Å². The molecule has 0 aliphatic rings. The Kier molecular flexibility index (Phi) is 6.40. The van der Waals surface area contributed by atoms with Crippen molar-refractivity contribution in [1.82, 2.24) is 9.88 Å². The van der Waals surface area contributed by atoms with Gasteiger partial charge in [-0.1, -0.05) is 48.5 Å². The van der Waals surface area contributed by atoms with Crippen LogP contribution in [0.25, 0.3) is 11.1 Å². The molecular weight excluding hydrogens is 391 g/mol. The van der Waals surface area contributed by atoms with Gasteiger partial charge in [-0.15, -0.1) is 0 Å². The smallest absolute Gasteiger partial charge is 0.368 e. The van der Waals surface area contributed by atoms with Gasteiger partial charge >= 0.3 is 6.18 Å². The molecule has 3 rings (SSSR count). The molecule has 3 aromatic rings. The Morgan fingerprint density at radius 3 is 2.33 bits per heavy atom. The number of carbonyl (C=O) groups excluding carboxylic acids is 1. The summed E-state index contributed by atoms with van der Waals surface area (Å²) in [5.74, 6) is 0.185. The molecule has 0 bridgehead atoms. The third-order valence-electron chi connectivity index (χ3n) is 4.89. The van der Waals surface area contributed by atoms with E-state index in [9.17, 15) is 18.0 Å². The highest BCUT2D eigenvalue weighted by Gasteiger charge is 2.30. The number of benzene rings is 2. The van der Waals surface area contributed by atoms with Gasteiger partial charge in [-0.05, 0) is 36.2 Å². The molecule has 0 unspecified atom stereocenters. The summed E-state index contributed by atoms with van der Waals surface area (Å²) in [7, 11) is 1.70. The summed E-state index contributed by atoms with van der Waals surface area (Å²) in [4.78, 5) is 18.5. The van der Waals surface area contributed by atoms with Crippen molar-refractivity contribution >= 4 is 11.7 Å². The first-order valence-corrected chi connectivity index (χ1v) is 9.46. The number of amides is 1. The molecule has 0 saturated heterocycles. The third kappa shape index (κ3) is 4.97. The average molecular weight is 413 g/mol. The molecule has 0 spiro atoms. The van der Waals surface area contributed by atoms with E-state index in [1.165, 1.54) is 6.07 Å². The number of hydrogen-bond acceptors (Lipinski definition) is 3. The third-order valence-corrected chi connectivity index (χ3v) is 4.89. The molecule has 1 aromatic heterocycles. The number of carbonyl (C=O) groups is 1. The van der Waals surface area contributed by atoms with E-state index in [1.807, 2.05) is 55.5 Å². The first kappa shape index (κ1) is 21.4. The molecule has 0 aliphatic carbocycles. The second kappa shape index (κ2) is 8.98. The fourth-order valence-electron chi connectivity index (χ4n) is 2.98. The highest BCUT2D eigenvalue weighted by molar-refractivity contribution is 6.00. The number of hydrogen-bond donors (Lipinski definition) is 1. The maximum absolute atomic E-state index is 13.1. The highest BCUT2D eigenvalue weighted by atomic mass is 19.4. The second-order valence-corrected chi connectivity index (χ2v) is 6.99. The molecular formula is C23H22F3N3O. The maximum atomic E-state index is 13.1. The highest BCUT2D eigenvalue weighted by Crippen LogP contribution is 2.29. The number of rotatable bonds is 6. The van der Waals surface area contributed by atoms with Crippen LogP contribution in [0.3, 0.4) is 0 Å². The predicted octanol–water partition coefficient (Wildman–Crippen LogP) is 5.34. The molecule has 156 valence electrons. The lowest BCUT2D eigenvalue weighted by atomic mass is 9.98. The molecule has 30 heavy (non-hydrogen) atoms. The van der Waals surface area contributed by atoms with Crippen LogP contribution in [-0.4, -0.2) is 35.4 Å². The Balaban J connectivity index is 1.68. The van der Waals surface area contributed by atoms with Gasteiger partial charge in [-0.25, -0.2) is 4.98 Å². The number of pyridine rings is 1. The van der Waals surface area contributed by atoms with Crippen LogP contribution in [0.5, 0.6) is 0 Å². The number of halogens is 3. The molecule has 0 radical (unpaired) electrons. The van der Waals surface area contributed by atoms with Crippen LogP contribution in [0, 0.1) is 0 Å². The van der Waals surface area contributed by atoms with Crippen LogP contribution >= 0.6 is 0 Å². The number of nitrogens with zero attached hydrogens (tertiary/aromatic N) is 2. The number of anilines is 1. The summed E-state index contributed by atoms with van der Waals surface area (Å²) in [6, 6.07) is 19.1. The van der Waals surface area contributed by atoms with Gasteiger partial charge in [0.2, 0.25) is 0 Å². The largest absolute Gasteiger partial charge is 0.417 e. The number of likely N-dealkylation sites (N-methyl/N-ethyl adjacent to an activating group) is 1. The molecule has 1 N–H and O–H groups in total. The van der Waals surface area contributed by atoms with Gasteiger partial charge in [0.05, 0.1) is 5.56 Å². The van der Waals surface area contributed by atoms with Crippen LogP contribution in [0.1, 0.15) is 22.8 Å². The first-order valence-electron chi connectivity index (χ1n) is 9.46. The normalized spacial score (nSPS) is 12.3. The molecule has 2 aromatic carbocycles. The molecule has 1 amide bonds. The van der Waals surface area contributed by atoms with Gasteiger partial charge < -0.3 is 10.2 Å². The predicted molar refractivity (Wildman–Crippen MR) is 111 cm³/mol. The minimum Gasteiger partial charge on any atom is -0.368 e. The lowest BCUT2D eigenvalue weighted by Crippen LogP contribution is -2.39.